The first-order valence-electron chi connectivity index (χ1n) is 8.05. The second-order valence-corrected chi connectivity index (χ2v) is 6.12. The number of aryl methyl sites for hydroxylation is 2. The first-order chi connectivity index (χ1) is 10.0. The van der Waals surface area contributed by atoms with Crippen molar-refractivity contribution in [3.05, 3.63) is 17.5 Å². The Morgan fingerprint density at radius 2 is 2.05 bits per heavy atom. The van der Waals surface area contributed by atoms with Crippen LogP contribution in [0.25, 0.3) is 0 Å². The predicted octanol–water partition coefficient (Wildman–Crippen LogP) is 1.62. The highest BCUT2D eigenvalue weighted by Gasteiger charge is 2.38. The lowest BCUT2D eigenvalue weighted by atomic mass is 9.86. The maximum Gasteiger partial charge on any atom is 0.0776 e. The molecule has 120 valence electrons. The van der Waals surface area contributed by atoms with Gasteiger partial charge in [0.1, 0.15) is 0 Å². The third kappa shape index (κ3) is 3.47. The molecule has 2 atom stereocenters. The maximum atomic E-state index is 10.9. The fourth-order valence-electron chi connectivity index (χ4n) is 3.20. The molecule has 1 fully saturated rings. The molecule has 5 nitrogen and oxygen atoms in total. The minimum absolute atomic E-state index is 0.208. The summed E-state index contributed by atoms with van der Waals surface area (Å²) in [5.74, 6) is 0. The van der Waals surface area contributed by atoms with Crippen LogP contribution in [0.3, 0.4) is 0 Å². The topological polar surface area (TPSA) is 50.5 Å². The van der Waals surface area contributed by atoms with E-state index in [1.54, 1.807) is 0 Å². The number of hydrogen-bond acceptors (Lipinski definition) is 4. The number of nitrogens with zero attached hydrogens (tertiary/aromatic N) is 3. The average Bonchev–Trinajstić information content (AvgIpc) is 2.86. The lowest BCUT2D eigenvalue weighted by Gasteiger charge is -2.45. The SMILES string of the molecule is CCn1nc(C)cc1CC(O)C(C)(CC)N1CCOCC1. The van der Waals surface area contributed by atoms with Gasteiger partial charge >= 0.3 is 0 Å². The van der Waals surface area contributed by atoms with E-state index in [1.807, 2.05) is 11.6 Å². The normalized spacial score (nSPS) is 21.2. The van der Waals surface area contributed by atoms with Crippen LogP contribution in [0, 0.1) is 6.92 Å². The highest BCUT2D eigenvalue weighted by molar-refractivity contribution is 5.12. The summed E-state index contributed by atoms with van der Waals surface area (Å²) in [4.78, 5) is 2.38. The zero-order chi connectivity index (χ0) is 15.5. The molecule has 2 unspecified atom stereocenters. The van der Waals surface area contributed by atoms with Crippen molar-refractivity contribution < 1.29 is 9.84 Å². The Bertz CT molecular complexity index is 454. The molecule has 0 aliphatic carbocycles. The van der Waals surface area contributed by atoms with E-state index in [-0.39, 0.29) is 5.54 Å². The number of aliphatic hydroxyl groups is 1. The summed E-state index contributed by atoms with van der Waals surface area (Å²) in [6.07, 6.45) is 1.17. The quantitative estimate of drug-likeness (QED) is 0.866. The molecular weight excluding hydrogens is 266 g/mol. The Hall–Kier alpha value is -0.910. The third-order valence-electron chi connectivity index (χ3n) is 4.85. The summed E-state index contributed by atoms with van der Waals surface area (Å²) in [6.45, 7) is 12.6. The Morgan fingerprint density at radius 3 is 2.62 bits per heavy atom. The van der Waals surface area contributed by atoms with Gasteiger partial charge in [-0.2, -0.15) is 5.10 Å². The molecular formula is C16H29N3O2. The molecule has 1 aromatic heterocycles. The zero-order valence-electron chi connectivity index (χ0n) is 13.8. The van der Waals surface area contributed by atoms with Crippen LogP contribution in [0.15, 0.2) is 6.07 Å². The smallest absolute Gasteiger partial charge is 0.0776 e. The van der Waals surface area contributed by atoms with Gasteiger partial charge in [-0.25, -0.2) is 0 Å². The van der Waals surface area contributed by atoms with Crippen LogP contribution in [0.4, 0.5) is 0 Å². The van der Waals surface area contributed by atoms with Crippen LogP contribution in [0.2, 0.25) is 0 Å². The van der Waals surface area contributed by atoms with Crippen molar-refractivity contribution in [3.8, 4) is 0 Å². The Kier molecular flexibility index (Phi) is 5.41. The molecule has 0 spiro atoms. The van der Waals surface area contributed by atoms with Gasteiger partial charge in [-0.05, 0) is 33.3 Å². The first-order valence-corrected chi connectivity index (χ1v) is 8.05. The van der Waals surface area contributed by atoms with E-state index in [1.165, 1.54) is 0 Å². The number of morpholine rings is 1. The van der Waals surface area contributed by atoms with E-state index >= 15 is 0 Å². The maximum absolute atomic E-state index is 10.9. The molecule has 0 aromatic carbocycles. The van der Waals surface area contributed by atoms with Gasteiger partial charge in [0.25, 0.3) is 0 Å². The van der Waals surface area contributed by atoms with Crippen LogP contribution in [0.1, 0.15) is 38.6 Å². The van der Waals surface area contributed by atoms with Crippen molar-refractivity contribution in [3.63, 3.8) is 0 Å². The fraction of sp³-hybridized carbons (Fsp3) is 0.812. The van der Waals surface area contributed by atoms with Crippen molar-refractivity contribution in [2.75, 3.05) is 26.3 Å². The Morgan fingerprint density at radius 1 is 1.38 bits per heavy atom. The highest BCUT2D eigenvalue weighted by Crippen LogP contribution is 2.27. The van der Waals surface area contributed by atoms with Gasteiger partial charge in [0, 0.05) is 37.3 Å². The van der Waals surface area contributed by atoms with Crippen LogP contribution in [-0.2, 0) is 17.7 Å². The number of aromatic nitrogens is 2. The standard InChI is InChI=1S/C16H29N3O2/c1-5-16(4,18-7-9-21-10-8-18)15(20)12-14-11-13(3)17-19(14)6-2/h11,15,20H,5-10,12H2,1-4H3. The van der Waals surface area contributed by atoms with Gasteiger partial charge in [0.05, 0.1) is 25.0 Å². The van der Waals surface area contributed by atoms with Crippen molar-refractivity contribution in [2.45, 2.75) is 58.7 Å². The second-order valence-electron chi connectivity index (χ2n) is 6.12. The van der Waals surface area contributed by atoms with Crippen LogP contribution < -0.4 is 0 Å². The van der Waals surface area contributed by atoms with Gasteiger partial charge < -0.3 is 9.84 Å². The van der Waals surface area contributed by atoms with Crippen LogP contribution in [0.5, 0.6) is 0 Å². The molecule has 0 radical (unpaired) electrons. The Labute approximate surface area is 127 Å². The minimum atomic E-state index is -0.401. The van der Waals surface area contributed by atoms with E-state index in [0.29, 0.717) is 6.42 Å². The lowest BCUT2D eigenvalue weighted by molar-refractivity contribution is -0.0718. The summed E-state index contributed by atoms with van der Waals surface area (Å²) in [7, 11) is 0. The highest BCUT2D eigenvalue weighted by atomic mass is 16.5. The first kappa shape index (κ1) is 16.5. The van der Waals surface area contributed by atoms with Gasteiger partial charge in [0.15, 0.2) is 0 Å². The van der Waals surface area contributed by atoms with Crippen molar-refractivity contribution >= 4 is 0 Å². The summed E-state index contributed by atoms with van der Waals surface area (Å²) >= 11 is 0. The van der Waals surface area contributed by atoms with E-state index < -0.39 is 6.10 Å². The molecule has 1 aliphatic rings. The summed E-state index contributed by atoms with van der Waals surface area (Å²) < 4.78 is 7.43. The molecule has 21 heavy (non-hydrogen) atoms. The van der Waals surface area contributed by atoms with Crippen molar-refractivity contribution in [1.29, 1.82) is 0 Å². The molecule has 5 heteroatoms. The monoisotopic (exact) mass is 295 g/mol. The molecule has 0 amide bonds. The minimum Gasteiger partial charge on any atom is -0.391 e. The predicted molar refractivity (Wildman–Crippen MR) is 83.4 cm³/mol. The summed E-state index contributed by atoms with van der Waals surface area (Å²) in [5.41, 5.74) is 1.93. The van der Waals surface area contributed by atoms with Gasteiger partial charge in [0.2, 0.25) is 0 Å². The van der Waals surface area contributed by atoms with Gasteiger partial charge in [-0.15, -0.1) is 0 Å². The second kappa shape index (κ2) is 6.90. The molecule has 0 bridgehead atoms. The molecule has 2 heterocycles. The average molecular weight is 295 g/mol. The van der Waals surface area contributed by atoms with Crippen LogP contribution >= 0.6 is 0 Å². The van der Waals surface area contributed by atoms with E-state index in [4.69, 9.17) is 4.74 Å². The number of aliphatic hydroxyl groups excluding tert-OH is 1. The fourth-order valence-corrected chi connectivity index (χ4v) is 3.20. The summed E-state index contributed by atoms with van der Waals surface area (Å²) in [5, 5.41) is 15.4. The summed E-state index contributed by atoms with van der Waals surface area (Å²) in [6, 6.07) is 2.09. The number of rotatable bonds is 6. The zero-order valence-corrected chi connectivity index (χ0v) is 13.8. The van der Waals surface area contributed by atoms with Crippen molar-refractivity contribution in [1.82, 2.24) is 14.7 Å². The molecule has 2 rings (SSSR count). The molecule has 0 saturated carbocycles. The van der Waals surface area contributed by atoms with E-state index in [0.717, 1.165) is 50.7 Å². The van der Waals surface area contributed by atoms with E-state index in [9.17, 15) is 5.11 Å². The van der Waals surface area contributed by atoms with Gasteiger partial charge in [-0.3, -0.25) is 9.58 Å². The number of ether oxygens (including phenoxy) is 1. The molecule has 1 aliphatic heterocycles. The van der Waals surface area contributed by atoms with Gasteiger partial charge in [-0.1, -0.05) is 6.92 Å². The van der Waals surface area contributed by atoms with E-state index in [2.05, 4.69) is 36.8 Å². The van der Waals surface area contributed by atoms with Crippen LogP contribution in [-0.4, -0.2) is 57.7 Å². The third-order valence-corrected chi connectivity index (χ3v) is 4.85. The largest absolute Gasteiger partial charge is 0.391 e. The molecule has 1 saturated heterocycles. The number of hydrogen-bond donors (Lipinski definition) is 1. The lowest BCUT2D eigenvalue weighted by Crippen LogP contribution is -2.58. The van der Waals surface area contributed by atoms with Crippen molar-refractivity contribution in [2.24, 2.45) is 0 Å². The molecule has 1 aromatic rings. The Balaban J connectivity index is 2.13. The molecule has 1 N–H and O–H groups in total.